The van der Waals surface area contributed by atoms with Crippen LogP contribution in [0.1, 0.15) is 5.56 Å². The molecule has 0 aliphatic heterocycles. The number of hydrogen-bond donors (Lipinski definition) is 1. The summed E-state index contributed by atoms with van der Waals surface area (Å²) in [7, 11) is 0. The third-order valence-corrected chi connectivity index (χ3v) is 2.10. The van der Waals surface area contributed by atoms with E-state index in [4.69, 9.17) is 28.3 Å². The van der Waals surface area contributed by atoms with Gasteiger partial charge in [0.05, 0.1) is 12.8 Å². The third kappa shape index (κ3) is 1.37. The van der Waals surface area contributed by atoms with E-state index in [9.17, 15) is 0 Å². The first-order valence-electron chi connectivity index (χ1n) is 3.52. The van der Waals surface area contributed by atoms with E-state index in [0.717, 1.165) is 0 Å². The largest absolute Gasteiger partial charge is 0.391 e. The second-order valence-corrected chi connectivity index (χ2v) is 3.24. The van der Waals surface area contributed by atoms with E-state index in [1.54, 1.807) is 0 Å². The molecule has 0 fully saturated rings. The average Bonchev–Trinajstić information content (AvgIpc) is 2.47. The van der Waals surface area contributed by atoms with Crippen LogP contribution >= 0.6 is 23.2 Å². The summed E-state index contributed by atoms with van der Waals surface area (Å²) in [5, 5.41) is 13.5. The Morgan fingerprint density at radius 2 is 2.23 bits per heavy atom. The van der Waals surface area contributed by atoms with E-state index >= 15 is 0 Å². The van der Waals surface area contributed by atoms with E-state index < -0.39 is 0 Å². The van der Waals surface area contributed by atoms with Crippen molar-refractivity contribution in [1.82, 2.24) is 14.6 Å². The molecule has 2 rings (SSSR count). The second kappa shape index (κ2) is 3.14. The standard InChI is InChI=1S/C7H5Cl2N3O/c8-5-1-6(9)12-7(11-5)4(3-13)2-10-12/h1-2,13H,3H2. The summed E-state index contributed by atoms with van der Waals surface area (Å²) in [6.07, 6.45) is 1.50. The Morgan fingerprint density at radius 1 is 1.46 bits per heavy atom. The molecule has 0 aliphatic rings. The molecule has 4 nitrogen and oxygen atoms in total. The van der Waals surface area contributed by atoms with E-state index in [-0.39, 0.29) is 11.8 Å². The number of rotatable bonds is 1. The Labute approximate surface area is 83.7 Å². The van der Waals surface area contributed by atoms with Crippen molar-refractivity contribution in [2.75, 3.05) is 0 Å². The van der Waals surface area contributed by atoms with E-state index in [2.05, 4.69) is 10.1 Å². The predicted molar refractivity (Wildman–Crippen MR) is 48.9 cm³/mol. The minimum atomic E-state index is -0.132. The second-order valence-electron chi connectivity index (χ2n) is 2.46. The zero-order valence-electron chi connectivity index (χ0n) is 6.41. The van der Waals surface area contributed by atoms with Crippen LogP contribution in [0.25, 0.3) is 5.65 Å². The fourth-order valence-corrected chi connectivity index (χ4v) is 1.52. The molecule has 0 amide bonds. The minimum absolute atomic E-state index is 0.132. The number of hydrogen-bond acceptors (Lipinski definition) is 3. The summed E-state index contributed by atoms with van der Waals surface area (Å²) in [5.74, 6) is 0. The quantitative estimate of drug-likeness (QED) is 0.738. The van der Waals surface area contributed by atoms with Crippen LogP contribution in [0, 0.1) is 0 Å². The molecule has 0 saturated carbocycles. The topological polar surface area (TPSA) is 50.4 Å². The Kier molecular flexibility index (Phi) is 2.11. The maximum Gasteiger partial charge on any atom is 0.163 e. The van der Waals surface area contributed by atoms with Crippen molar-refractivity contribution in [3.05, 3.63) is 28.1 Å². The van der Waals surface area contributed by atoms with Crippen LogP contribution in [-0.4, -0.2) is 19.7 Å². The number of aromatic nitrogens is 3. The fourth-order valence-electron chi connectivity index (χ4n) is 1.06. The normalized spacial score (nSPS) is 11.0. The Morgan fingerprint density at radius 3 is 2.92 bits per heavy atom. The van der Waals surface area contributed by atoms with E-state index in [1.165, 1.54) is 16.8 Å². The molecule has 2 aromatic heterocycles. The van der Waals surface area contributed by atoms with Gasteiger partial charge in [-0.05, 0) is 0 Å². The Bertz CT molecular complexity index is 454. The summed E-state index contributed by atoms with van der Waals surface area (Å²) in [5.41, 5.74) is 1.09. The molecule has 0 atom stereocenters. The molecule has 0 unspecified atom stereocenters. The minimum Gasteiger partial charge on any atom is -0.391 e. The molecule has 0 radical (unpaired) electrons. The lowest BCUT2D eigenvalue weighted by atomic mass is 10.4. The molecule has 0 saturated heterocycles. The van der Waals surface area contributed by atoms with Gasteiger partial charge < -0.3 is 5.11 Å². The highest BCUT2D eigenvalue weighted by Crippen LogP contribution is 2.18. The molecule has 0 bridgehead atoms. The van der Waals surface area contributed by atoms with Gasteiger partial charge in [-0.15, -0.1) is 0 Å². The SMILES string of the molecule is OCc1cnn2c(Cl)cc(Cl)nc12. The van der Waals surface area contributed by atoms with Gasteiger partial charge in [0.2, 0.25) is 0 Å². The zero-order valence-corrected chi connectivity index (χ0v) is 7.92. The van der Waals surface area contributed by atoms with Crippen molar-refractivity contribution in [2.45, 2.75) is 6.61 Å². The molecule has 0 aliphatic carbocycles. The number of halogens is 2. The van der Waals surface area contributed by atoms with Crippen molar-refractivity contribution >= 4 is 28.8 Å². The van der Waals surface area contributed by atoms with Gasteiger partial charge in [0.15, 0.2) is 5.65 Å². The molecular weight excluding hydrogens is 213 g/mol. The summed E-state index contributed by atoms with van der Waals surface area (Å²) in [6.45, 7) is -0.132. The van der Waals surface area contributed by atoms with Gasteiger partial charge >= 0.3 is 0 Å². The summed E-state index contributed by atoms with van der Waals surface area (Å²) in [4.78, 5) is 3.99. The maximum absolute atomic E-state index is 8.93. The molecule has 2 heterocycles. The van der Waals surface area contributed by atoms with Gasteiger partial charge in [-0.25, -0.2) is 9.50 Å². The summed E-state index contributed by atoms with van der Waals surface area (Å²) in [6, 6.07) is 1.49. The van der Waals surface area contributed by atoms with Gasteiger partial charge in [-0.1, -0.05) is 23.2 Å². The molecular formula is C7H5Cl2N3O. The first kappa shape index (κ1) is 8.74. The van der Waals surface area contributed by atoms with Crippen LogP contribution in [0.4, 0.5) is 0 Å². The Balaban J connectivity index is 2.82. The lowest BCUT2D eigenvalue weighted by Gasteiger charge is -1.97. The van der Waals surface area contributed by atoms with Crippen molar-refractivity contribution in [3.63, 3.8) is 0 Å². The number of aliphatic hydroxyl groups excluding tert-OH is 1. The molecule has 13 heavy (non-hydrogen) atoms. The molecule has 0 aromatic carbocycles. The van der Waals surface area contributed by atoms with Crippen LogP contribution in [-0.2, 0) is 6.61 Å². The van der Waals surface area contributed by atoms with Crippen molar-refractivity contribution < 1.29 is 5.11 Å². The van der Waals surface area contributed by atoms with Crippen molar-refractivity contribution in [2.24, 2.45) is 0 Å². The predicted octanol–water partition coefficient (Wildman–Crippen LogP) is 1.53. The first-order chi connectivity index (χ1) is 6.22. The lowest BCUT2D eigenvalue weighted by molar-refractivity contribution is 0.283. The zero-order chi connectivity index (χ0) is 9.42. The first-order valence-corrected chi connectivity index (χ1v) is 4.27. The summed E-state index contributed by atoms with van der Waals surface area (Å²) < 4.78 is 1.42. The molecule has 6 heteroatoms. The van der Waals surface area contributed by atoms with Gasteiger partial charge in [0.1, 0.15) is 10.3 Å². The molecule has 2 aromatic rings. The van der Waals surface area contributed by atoms with E-state index in [0.29, 0.717) is 16.4 Å². The molecule has 0 spiro atoms. The van der Waals surface area contributed by atoms with Gasteiger partial charge in [0.25, 0.3) is 0 Å². The number of aliphatic hydroxyl groups is 1. The average molecular weight is 218 g/mol. The monoisotopic (exact) mass is 217 g/mol. The van der Waals surface area contributed by atoms with Crippen LogP contribution in [0.2, 0.25) is 10.3 Å². The maximum atomic E-state index is 8.93. The van der Waals surface area contributed by atoms with Gasteiger partial charge in [-0.3, -0.25) is 0 Å². The highest BCUT2D eigenvalue weighted by Gasteiger charge is 2.08. The van der Waals surface area contributed by atoms with Gasteiger partial charge in [-0.2, -0.15) is 5.10 Å². The highest BCUT2D eigenvalue weighted by molar-refractivity contribution is 6.33. The van der Waals surface area contributed by atoms with Crippen molar-refractivity contribution in [1.29, 1.82) is 0 Å². The van der Waals surface area contributed by atoms with Crippen molar-refractivity contribution in [3.8, 4) is 0 Å². The highest BCUT2D eigenvalue weighted by atomic mass is 35.5. The van der Waals surface area contributed by atoms with Crippen LogP contribution in [0.5, 0.6) is 0 Å². The Hall–Kier alpha value is -0.840. The lowest BCUT2D eigenvalue weighted by Crippen LogP contribution is -1.93. The number of nitrogens with zero attached hydrogens (tertiary/aromatic N) is 3. The van der Waals surface area contributed by atoms with Gasteiger partial charge in [0, 0.05) is 11.6 Å². The fraction of sp³-hybridized carbons (Fsp3) is 0.143. The van der Waals surface area contributed by atoms with Crippen LogP contribution in [0.3, 0.4) is 0 Å². The molecule has 68 valence electrons. The van der Waals surface area contributed by atoms with E-state index in [1.807, 2.05) is 0 Å². The summed E-state index contributed by atoms with van der Waals surface area (Å²) >= 11 is 11.5. The molecule has 1 N–H and O–H groups in total. The van der Waals surface area contributed by atoms with Crippen LogP contribution in [0.15, 0.2) is 12.3 Å². The smallest absolute Gasteiger partial charge is 0.163 e. The third-order valence-electron chi connectivity index (χ3n) is 1.64. The van der Waals surface area contributed by atoms with Crippen LogP contribution < -0.4 is 0 Å². The number of fused-ring (bicyclic) bond motifs is 1.